The largest absolute Gasteiger partial charge is 0.454 e. The lowest BCUT2D eigenvalue weighted by molar-refractivity contribution is -0.123. The molecule has 124 valence electrons. The number of hydrogen-bond donors (Lipinski definition) is 1. The first-order chi connectivity index (χ1) is 11.5. The molecule has 24 heavy (non-hydrogen) atoms. The first-order valence-electron chi connectivity index (χ1n) is 7.20. The molecule has 2 aromatic carbocycles. The Kier molecular flexibility index (Phi) is 4.71. The van der Waals surface area contributed by atoms with Crippen LogP contribution in [-0.4, -0.2) is 24.8 Å². The molecule has 0 fully saturated rings. The van der Waals surface area contributed by atoms with Gasteiger partial charge in [0, 0.05) is 16.2 Å². The SMILES string of the molecule is CC(OC(=O)c1ccc(Br)cc1)C(=O)Nc1ccc2c(c1)OCO2. The average Bonchev–Trinajstić information content (AvgIpc) is 3.03. The van der Waals surface area contributed by atoms with Gasteiger partial charge in [0.1, 0.15) is 0 Å². The van der Waals surface area contributed by atoms with Crippen LogP contribution in [0.5, 0.6) is 11.5 Å². The van der Waals surface area contributed by atoms with Crippen molar-refractivity contribution in [3.8, 4) is 11.5 Å². The Hall–Kier alpha value is -2.54. The van der Waals surface area contributed by atoms with Gasteiger partial charge in [-0.1, -0.05) is 15.9 Å². The van der Waals surface area contributed by atoms with Crippen molar-refractivity contribution >= 4 is 33.5 Å². The predicted octanol–water partition coefficient (Wildman–Crippen LogP) is 3.36. The summed E-state index contributed by atoms with van der Waals surface area (Å²) in [6.07, 6.45) is -0.938. The zero-order valence-electron chi connectivity index (χ0n) is 12.7. The number of esters is 1. The van der Waals surface area contributed by atoms with Gasteiger partial charge in [0.05, 0.1) is 5.56 Å². The number of carbonyl (C=O) groups is 2. The minimum absolute atomic E-state index is 0.161. The molecule has 7 heteroatoms. The van der Waals surface area contributed by atoms with E-state index < -0.39 is 18.0 Å². The van der Waals surface area contributed by atoms with E-state index in [1.165, 1.54) is 6.92 Å². The maximum Gasteiger partial charge on any atom is 0.338 e. The average molecular weight is 392 g/mol. The molecule has 1 heterocycles. The standard InChI is InChI=1S/C17H14BrNO5/c1-10(24-17(21)11-2-4-12(18)5-3-11)16(20)19-13-6-7-14-15(8-13)23-9-22-14/h2-8,10H,9H2,1H3,(H,19,20). The van der Waals surface area contributed by atoms with Crippen molar-refractivity contribution in [1.82, 2.24) is 0 Å². The lowest BCUT2D eigenvalue weighted by Crippen LogP contribution is -2.30. The van der Waals surface area contributed by atoms with Crippen LogP contribution in [0, 0.1) is 0 Å². The second kappa shape index (κ2) is 6.92. The molecule has 0 saturated heterocycles. The van der Waals surface area contributed by atoms with Crippen LogP contribution in [-0.2, 0) is 9.53 Å². The third kappa shape index (κ3) is 3.68. The van der Waals surface area contributed by atoms with E-state index in [-0.39, 0.29) is 6.79 Å². The number of hydrogen-bond acceptors (Lipinski definition) is 5. The quantitative estimate of drug-likeness (QED) is 0.808. The Bertz CT molecular complexity index is 775. The normalized spacial score (nSPS) is 13.2. The Morgan fingerprint density at radius 3 is 2.58 bits per heavy atom. The van der Waals surface area contributed by atoms with Gasteiger partial charge >= 0.3 is 5.97 Å². The summed E-state index contributed by atoms with van der Waals surface area (Å²) >= 11 is 3.29. The number of benzene rings is 2. The molecular formula is C17H14BrNO5. The van der Waals surface area contributed by atoms with Gasteiger partial charge in [-0.15, -0.1) is 0 Å². The summed E-state index contributed by atoms with van der Waals surface area (Å²) in [4.78, 5) is 24.2. The molecule has 0 saturated carbocycles. The van der Waals surface area contributed by atoms with E-state index >= 15 is 0 Å². The number of ether oxygens (including phenoxy) is 3. The number of carbonyl (C=O) groups excluding carboxylic acids is 2. The maximum atomic E-state index is 12.2. The van der Waals surface area contributed by atoms with Gasteiger partial charge in [-0.05, 0) is 43.3 Å². The zero-order valence-corrected chi connectivity index (χ0v) is 14.3. The Balaban J connectivity index is 1.60. The minimum atomic E-state index is -0.938. The van der Waals surface area contributed by atoms with Gasteiger partial charge in [-0.3, -0.25) is 4.79 Å². The van der Waals surface area contributed by atoms with Crippen molar-refractivity contribution < 1.29 is 23.8 Å². The van der Waals surface area contributed by atoms with Crippen molar-refractivity contribution in [2.45, 2.75) is 13.0 Å². The van der Waals surface area contributed by atoms with E-state index in [9.17, 15) is 9.59 Å². The first kappa shape index (κ1) is 16.3. The van der Waals surface area contributed by atoms with Crippen LogP contribution in [0.3, 0.4) is 0 Å². The van der Waals surface area contributed by atoms with Crippen molar-refractivity contribution in [1.29, 1.82) is 0 Å². The van der Waals surface area contributed by atoms with Crippen molar-refractivity contribution in [2.24, 2.45) is 0 Å². The van der Waals surface area contributed by atoms with Crippen LogP contribution >= 0.6 is 15.9 Å². The van der Waals surface area contributed by atoms with Crippen molar-refractivity contribution in [3.05, 3.63) is 52.5 Å². The van der Waals surface area contributed by atoms with E-state index in [1.807, 2.05) is 0 Å². The highest BCUT2D eigenvalue weighted by molar-refractivity contribution is 9.10. The van der Waals surface area contributed by atoms with Gasteiger partial charge in [0.25, 0.3) is 5.91 Å². The molecule has 0 bridgehead atoms. The topological polar surface area (TPSA) is 73.9 Å². The molecule has 1 unspecified atom stereocenters. The zero-order chi connectivity index (χ0) is 17.1. The fraction of sp³-hybridized carbons (Fsp3) is 0.176. The van der Waals surface area contributed by atoms with Crippen LogP contribution in [0.15, 0.2) is 46.9 Å². The molecule has 0 spiro atoms. The number of amides is 1. The van der Waals surface area contributed by atoms with Gasteiger partial charge < -0.3 is 19.5 Å². The van der Waals surface area contributed by atoms with E-state index in [0.717, 1.165) is 4.47 Å². The van der Waals surface area contributed by atoms with Crippen LogP contribution in [0.2, 0.25) is 0 Å². The molecule has 0 radical (unpaired) electrons. The summed E-state index contributed by atoms with van der Waals surface area (Å²) in [5.41, 5.74) is 0.914. The molecular weight excluding hydrogens is 378 g/mol. The Morgan fingerprint density at radius 2 is 1.83 bits per heavy atom. The smallest absolute Gasteiger partial charge is 0.338 e. The lowest BCUT2D eigenvalue weighted by Gasteiger charge is -2.14. The number of halogens is 1. The number of rotatable bonds is 4. The number of nitrogens with one attached hydrogen (secondary N) is 1. The molecule has 3 rings (SSSR count). The van der Waals surface area contributed by atoms with E-state index in [4.69, 9.17) is 14.2 Å². The second-order valence-electron chi connectivity index (χ2n) is 5.11. The summed E-state index contributed by atoms with van der Waals surface area (Å²) < 4.78 is 16.5. The van der Waals surface area contributed by atoms with E-state index in [0.29, 0.717) is 22.7 Å². The third-order valence-electron chi connectivity index (χ3n) is 3.37. The fourth-order valence-corrected chi connectivity index (χ4v) is 2.35. The van der Waals surface area contributed by atoms with Gasteiger partial charge in [-0.2, -0.15) is 0 Å². The molecule has 1 atom stereocenters. The highest BCUT2D eigenvalue weighted by Crippen LogP contribution is 2.34. The highest BCUT2D eigenvalue weighted by atomic mass is 79.9. The number of anilines is 1. The fourth-order valence-electron chi connectivity index (χ4n) is 2.09. The molecule has 1 aliphatic heterocycles. The third-order valence-corrected chi connectivity index (χ3v) is 3.90. The predicted molar refractivity (Wildman–Crippen MR) is 90.2 cm³/mol. The van der Waals surface area contributed by atoms with Gasteiger partial charge in [-0.25, -0.2) is 4.79 Å². The highest BCUT2D eigenvalue weighted by Gasteiger charge is 2.20. The van der Waals surface area contributed by atoms with Gasteiger partial charge in [0.15, 0.2) is 17.6 Å². The summed E-state index contributed by atoms with van der Waals surface area (Å²) in [5, 5.41) is 2.68. The van der Waals surface area contributed by atoms with Crippen LogP contribution in [0.1, 0.15) is 17.3 Å². The van der Waals surface area contributed by atoms with Crippen LogP contribution in [0.4, 0.5) is 5.69 Å². The summed E-state index contributed by atoms with van der Waals surface area (Å²) in [6, 6.07) is 11.8. The van der Waals surface area contributed by atoms with Gasteiger partial charge in [0.2, 0.25) is 6.79 Å². The van der Waals surface area contributed by atoms with Crippen LogP contribution in [0.25, 0.3) is 0 Å². The van der Waals surface area contributed by atoms with E-state index in [2.05, 4.69) is 21.2 Å². The molecule has 1 amide bonds. The van der Waals surface area contributed by atoms with Crippen LogP contribution < -0.4 is 14.8 Å². The summed E-state index contributed by atoms with van der Waals surface area (Å²) in [7, 11) is 0. The molecule has 0 aromatic heterocycles. The Labute approximate surface area is 146 Å². The monoisotopic (exact) mass is 391 g/mol. The summed E-state index contributed by atoms with van der Waals surface area (Å²) in [5.74, 6) is 0.199. The van der Waals surface area contributed by atoms with Crippen molar-refractivity contribution in [3.63, 3.8) is 0 Å². The second-order valence-corrected chi connectivity index (χ2v) is 6.03. The molecule has 1 aliphatic rings. The summed E-state index contributed by atoms with van der Waals surface area (Å²) in [6.45, 7) is 1.67. The van der Waals surface area contributed by atoms with E-state index in [1.54, 1.807) is 42.5 Å². The molecule has 6 nitrogen and oxygen atoms in total. The molecule has 2 aromatic rings. The molecule has 0 aliphatic carbocycles. The molecule has 1 N–H and O–H groups in total. The maximum absolute atomic E-state index is 12.2. The first-order valence-corrected chi connectivity index (χ1v) is 7.99. The Morgan fingerprint density at radius 1 is 1.12 bits per heavy atom. The van der Waals surface area contributed by atoms with Crippen molar-refractivity contribution in [2.75, 3.05) is 12.1 Å². The minimum Gasteiger partial charge on any atom is -0.454 e. The lowest BCUT2D eigenvalue weighted by atomic mass is 10.2. The number of fused-ring (bicyclic) bond motifs is 1.